The zero-order chi connectivity index (χ0) is 17.2. The van der Waals surface area contributed by atoms with E-state index >= 15 is 0 Å². The summed E-state index contributed by atoms with van der Waals surface area (Å²) < 4.78 is 5.20. The highest BCUT2D eigenvalue weighted by atomic mass is 16.5. The first-order chi connectivity index (χ1) is 12.3. The number of nitrogens with zero attached hydrogens (tertiary/aromatic N) is 3. The van der Waals surface area contributed by atoms with E-state index < -0.39 is 0 Å². The lowest BCUT2D eigenvalue weighted by molar-refractivity contribution is -0.133. The molecule has 25 heavy (non-hydrogen) atoms. The Labute approximate surface area is 148 Å². The molecular weight excluding hydrogens is 314 g/mol. The van der Waals surface area contributed by atoms with Gasteiger partial charge in [-0.15, -0.1) is 0 Å². The number of pyridine rings is 1. The molecule has 0 N–H and O–H groups in total. The molecule has 0 radical (unpaired) electrons. The van der Waals surface area contributed by atoms with Crippen molar-refractivity contribution in [3.63, 3.8) is 0 Å². The van der Waals surface area contributed by atoms with Crippen LogP contribution in [0.1, 0.15) is 17.9 Å². The topological polar surface area (TPSA) is 45.7 Å². The smallest absolute Gasteiger partial charge is 0.226 e. The molecule has 2 fully saturated rings. The molecule has 5 heteroatoms. The van der Waals surface area contributed by atoms with Gasteiger partial charge in [-0.25, -0.2) is 4.98 Å². The van der Waals surface area contributed by atoms with E-state index in [1.54, 1.807) is 7.11 Å². The fourth-order valence-corrected chi connectivity index (χ4v) is 3.62. The van der Waals surface area contributed by atoms with E-state index in [-0.39, 0.29) is 5.92 Å². The van der Waals surface area contributed by atoms with Gasteiger partial charge in [0.05, 0.1) is 7.11 Å². The number of amides is 1. The lowest BCUT2D eigenvalue weighted by Gasteiger charge is -2.35. The van der Waals surface area contributed by atoms with Crippen molar-refractivity contribution in [1.29, 1.82) is 0 Å². The molecular formula is C20H23N3O2. The second-order valence-electron chi connectivity index (χ2n) is 6.72. The first-order valence-corrected chi connectivity index (χ1v) is 8.85. The lowest BCUT2D eigenvalue weighted by Crippen LogP contribution is -2.49. The number of carbonyl (C=O) groups excluding carboxylic acids is 1. The molecule has 1 aromatic carbocycles. The van der Waals surface area contributed by atoms with Crippen molar-refractivity contribution >= 4 is 11.7 Å². The minimum Gasteiger partial charge on any atom is -0.497 e. The van der Waals surface area contributed by atoms with Crippen LogP contribution in [0.3, 0.4) is 0 Å². The molecule has 1 aromatic heterocycles. The number of carbonyl (C=O) groups is 1. The second-order valence-corrected chi connectivity index (χ2v) is 6.72. The summed E-state index contributed by atoms with van der Waals surface area (Å²) >= 11 is 0. The van der Waals surface area contributed by atoms with Gasteiger partial charge in [0, 0.05) is 38.3 Å². The van der Waals surface area contributed by atoms with Crippen molar-refractivity contribution in [1.82, 2.24) is 9.88 Å². The number of benzene rings is 1. The van der Waals surface area contributed by atoms with Gasteiger partial charge in [-0.1, -0.05) is 18.2 Å². The molecule has 1 saturated heterocycles. The molecule has 1 aliphatic carbocycles. The molecule has 1 aliphatic heterocycles. The van der Waals surface area contributed by atoms with Gasteiger partial charge < -0.3 is 14.5 Å². The summed E-state index contributed by atoms with van der Waals surface area (Å²) in [7, 11) is 1.67. The minimum absolute atomic E-state index is 0.148. The maximum atomic E-state index is 12.8. The Morgan fingerprint density at radius 2 is 1.84 bits per heavy atom. The third kappa shape index (κ3) is 3.31. The molecule has 1 amide bonds. The normalized spacial score (nSPS) is 22.6. The van der Waals surface area contributed by atoms with Gasteiger partial charge in [-0.2, -0.15) is 0 Å². The van der Waals surface area contributed by atoms with Crippen LogP contribution in [0.15, 0.2) is 48.7 Å². The molecule has 1 saturated carbocycles. The highest BCUT2D eigenvalue weighted by Gasteiger charge is 2.46. The maximum Gasteiger partial charge on any atom is 0.226 e. The van der Waals surface area contributed by atoms with Crippen molar-refractivity contribution in [3.05, 3.63) is 54.2 Å². The number of hydrogen-bond donors (Lipinski definition) is 0. The van der Waals surface area contributed by atoms with Crippen molar-refractivity contribution in [2.24, 2.45) is 5.92 Å². The molecule has 2 aliphatic rings. The molecule has 5 nitrogen and oxygen atoms in total. The Balaban J connectivity index is 1.32. The number of aromatic nitrogens is 1. The molecule has 2 heterocycles. The van der Waals surface area contributed by atoms with E-state index in [0.29, 0.717) is 11.8 Å². The minimum atomic E-state index is 0.148. The van der Waals surface area contributed by atoms with Crippen LogP contribution in [0.2, 0.25) is 0 Å². The zero-order valence-electron chi connectivity index (χ0n) is 14.5. The van der Waals surface area contributed by atoms with E-state index in [1.807, 2.05) is 41.4 Å². The standard InChI is InChI=1S/C20H23N3O2/c1-25-16-7-5-15(6-8-16)17-14-18(17)20(24)23-12-10-22(11-13-23)19-4-2-3-9-21-19/h2-9,17-18H,10-14H2,1H3. The van der Waals surface area contributed by atoms with E-state index in [2.05, 4.69) is 22.0 Å². The van der Waals surface area contributed by atoms with Crippen molar-refractivity contribution in [2.75, 3.05) is 38.2 Å². The van der Waals surface area contributed by atoms with E-state index in [1.165, 1.54) is 5.56 Å². The third-order valence-corrected chi connectivity index (χ3v) is 5.22. The van der Waals surface area contributed by atoms with Gasteiger partial charge >= 0.3 is 0 Å². The number of rotatable bonds is 4. The monoisotopic (exact) mass is 337 g/mol. The lowest BCUT2D eigenvalue weighted by atomic mass is 10.1. The predicted molar refractivity (Wildman–Crippen MR) is 96.9 cm³/mol. The Kier molecular flexibility index (Phi) is 4.30. The SMILES string of the molecule is COc1ccc(C2CC2C(=O)N2CCN(c3ccccn3)CC2)cc1. The van der Waals surface area contributed by atoms with Crippen LogP contribution in [-0.4, -0.2) is 49.1 Å². The molecule has 130 valence electrons. The van der Waals surface area contributed by atoms with Crippen molar-refractivity contribution in [3.8, 4) is 5.75 Å². The summed E-state index contributed by atoms with van der Waals surface area (Å²) in [5.41, 5.74) is 1.24. The van der Waals surface area contributed by atoms with Crippen molar-refractivity contribution < 1.29 is 9.53 Å². The fourth-order valence-electron chi connectivity index (χ4n) is 3.62. The van der Waals surface area contributed by atoms with Gasteiger partial charge in [0.2, 0.25) is 5.91 Å². The van der Waals surface area contributed by atoms with Crippen molar-refractivity contribution in [2.45, 2.75) is 12.3 Å². The highest BCUT2D eigenvalue weighted by molar-refractivity contribution is 5.83. The molecule has 4 rings (SSSR count). The highest BCUT2D eigenvalue weighted by Crippen LogP contribution is 2.48. The Bertz CT molecular complexity index is 724. The van der Waals surface area contributed by atoms with Crippen LogP contribution in [0, 0.1) is 5.92 Å². The number of ether oxygens (including phenoxy) is 1. The molecule has 2 atom stereocenters. The Morgan fingerprint density at radius 1 is 1.08 bits per heavy atom. The number of methoxy groups -OCH3 is 1. The summed E-state index contributed by atoms with van der Waals surface area (Å²) in [4.78, 5) is 21.4. The van der Waals surface area contributed by atoms with E-state index in [0.717, 1.165) is 44.2 Å². The van der Waals surface area contributed by atoms with Gasteiger partial charge in [0.15, 0.2) is 0 Å². The average Bonchev–Trinajstić information content (AvgIpc) is 3.49. The number of piperazine rings is 1. The van der Waals surface area contributed by atoms with Gasteiger partial charge in [-0.05, 0) is 42.2 Å². The fraction of sp³-hybridized carbons (Fsp3) is 0.400. The zero-order valence-corrected chi connectivity index (χ0v) is 14.5. The van der Waals surface area contributed by atoms with Crippen LogP contribution < -0.4 is 9.64 Å². The second kappa shape index (κ2) is 6.75. The van der Waals surface area contributed by atoms with Crippen LogP contribution in [0.4, 0.5) is 5.82 Å². The Morgan fingerprint density at radius 3 is 2.48 bits per heavy atom. The molecule has 0 bridgehead atoms. The van der Waals surface area contributed by atoms with Gasteiger partial charge in [0.1, 0.15) is 11.6 Å². The maximum absolute atomic E-state index is 12.8. The van der Waals surface area contributed by atoms with Gasteiger partial charge in [0.25, 0.3) is 0 Å². The first kappa shape index (κ1) is 15.9. The third-order valence-electron chi connectivity index (χ3n) is 5.22. The predicted octanol–water partition coefficient (Wildman–Crippen LogP) is 2.54. The molecule has 0 spiro atoms. The summed E-state index contributed by atoms with van der Waals surface area (Å²) in [6.45, 7) is 3.26. The van der Waals surface area contributed by atoms with Crippen LogP contribution in [0.25, 0.3) is 0 Å². The van der Waals surface area contributed by atoms with Crippen LogP contribution in [-0.2, 0) is 4.79 Å². The summed E-state index contributed by atoms with van der Waals surface area (Å²) in [6.07, 6.45) is 2.78. The average molecular weight is 337 g/mol. The largest absolute Gasteiger partial charge is 0.497 e. The molecule has 2 aromatic rings. The van der Waals surface area contributed by atoms with E-state index in [9.17, 15) is 4.79 Å². The summed E-state index contributed by atoms with van der Waals surface area (Å²) in [5, 5.41) is 0. The van der Waals surface area contributed by atoms with Gasteiger partial charge in [-0.3, -0.25) is 4.79 Å². The number of hydrogen-bond acceptors (Lipinski definition) is 4. The summed E-state index contributed by atoms with van der Waals surface area (Å²) in [6, 6.07) is 14.1. The summed E-state index contributed by atoms with van der Waals surface area (Å²) in [5.74, 6) is 2.68. The van der Waals surface area contributed by atoms with Crippen LogP contribution in [0.5, 0.6) is 5.75 Å². The van der Waals surface area contributed by atoms with E-state index in [4.69, 9.17) is 4.74 Å². The van der Waals surface area contributed by atoms with Crippen LogP contribution >= 0.6 is 0 Å². The number of anilines is 1. The first-order valence-electron chi connectivity index (χ1n) is 8.85. The Hall–Kier alpha value is -2.56. The quantitative estimate of drug-likeness (QED) is 0.860. The molecule has 2 unspecified atom stereocenters.